The van der Waals surface area contributed by atoms with Crippen LogP contribution in [0.5, 0.6) is 0 Å². The normalized spacial score (nSPS) is 40.0. The predicted molar refractivity (Wildman–Crippen MR) is 156 cm³/mol. The first kappa shape index (κ1) is 31.9. The maximum atomic E-state index is 6.86. The van der Waals surface area contributed by atoms with Crippen LogP contribution in [-0.4, -0.2) is 99.3 Å². The van der Waals surface area contributed by atoms with E-state index >= 15 is 0 Å². The molecule has 0 aromatic carbocycles. The summed E-state index contributed by atoms with van der Waals surface area (Å²) in [6.07, 6.45) is 4.06. The monoisotopic (exact) mass is 612 g/mol. The van der Waals surface area contributed by atoms with Gasteiger partial charge in [-0.15, -0.1) is 0 Å². The molecule has 0 atom stereocenters. The molecule has 0 aromatic rings. The molecule has 5 aliphatic rings. The van der Waals surface area contributed by atoms with E-state index in [1.165, 1.54) is 0 Å². The molecule has 2 spiro atoms. The topological polar surface area (TPSA) is 92.3 Å². The van der Waals surface area contributed by atoms with Crippen molar-refractivity contribution in [2.45, 2.75) is 115 Å². The summed E-state index contributed by atoms with van der Waals surface area (Å²) in [5, 5.41) is 0. The number of hydrogen-bond acceptors (Lipinski definition) is 10. The van der Waals surface area contributed by atoms with E-state index in [-0.39, 0.29) is 22.5 Å². The molecule has 0 unspecified atom stereocenters. The summed E-state index contributed by atoms with van der Waals surface area (Å²) >= 11 is 0. The quantitative estimate of drug-likeness (QED) is 0.297. The van der Waals surface area contributed by atoms with E-state index in [1.54, 1.807) is 0 Å². The predicted octanol–water partition coefficient (Wildman–Crippen LogP) is 6.14. The Labute approximate surface area is 241 Å². The maximum absolute atomic E-state index is 6.86. The van der Waals surface area contributed by atoms with Crippen LogP contribution < -0.4 is 0 Å². The average molecular weight is 613 g/mol. The van der Waals surface area contributed by atoms with Crippen molar-refractivity contribution in [3.63, 3.8) is 0 Å². The third-order valence-corrected chi connectivity index (χ3v) is 18.4. The van der Waals surface area contributed by atoms with Gasteiger partial charge in [0.1, 0.15) is 0 Å². The average Bonchev–Trinajstić information content (AvgIpc) is 3.31. The van der Waals surface area contributed by atoms with Crippen molar-refractivity contribution in [3.05, 3.63) is 0 Å². The molecule has 236 valence electrons. The minimum atomic E-state index is -3.89. The first-order chi connectivity index (χ1) is 18.5. The summed E-state index contributed by atoms with van der Waals surface area (Å²) in [7, 11) is -7.35. The molecule has 0 bridgehead atoms. The molecule has 12 heteroatoms. The van der Waals surface area contributed by atoms with Crippen molar-refractivity contribution in [2.24, 2.45) is 0 Å². The van der Waals surface area contributed by atoms with Gasteiger partial charge in [0, 0.05) is 0 Å². The first-order valence-electron chi connectivity index (χ1n) is 15.1. The Morgan fingerprint density at radius 3 is 1.30 bits per heavy atom. The van der Waals surface area contributed by atoms with E-state index in [4.69, 9.17) is 45.9 Å². The first-order valence-corrected chi connectivity index (χ1v) is 19.3. The van der Waals surface area contributed by atoms with E-state index in [0.29, 0.717) is 65.6 Å². The van der Waals surface area contributed by atoms with Gasteiger partial charge in [-0.1, -0.05) is 0 Å². The fourth-order valence-corrected chi connectivity index (χ4v) is 19.1. The van der Waals surface area contributed by atoms with E-state index in [2.05, 4.69) is 55.4 Å². The zero-order valence-electron chi connectivity index (χ0n) is 26.0. The van der Waals surface area contributed by atoms with E-state index < -0.39 is 26.0 Å². The molecule has 0 saturated carbocycles. The molecule has 5 fully saturated rings. The molecule has 0 amide bonds. The fourth-order valence-electron chi connectivity index (χ4n) is 7.79. The van der Waals surface area contributed by atoms with E-state index in [9.17, 15) is 0 Å². The minimum absolute atomic E-state index is 0.0422. The van der Waals surface area contributed by atoms with Crippen LogP contribution >= 0.6 is 14.8 Å². The summed E-state index contributed by atoms with van der Waals surface area (Å²) in [5.41, 5.74) is -1.18. The van der Waals surface area contributed by atoms with Gasteiger partial charge in [-0.25, -0.2) is 0 Å². The molecular weight excluding hydrogens is 558 g/mol. The van der Waals surface area contributed by atoms with E-state index in [1.807, 2.05) is 0 Å². The Morgan fingerprint density at radius 1 is 0.425 bits per heavy atom. The molecule has 5 rings (SSSR count). The van der Waals surface area contributed by atoms with Crippen LogP contribution in [0.4, 0.5) is 0 Å². The molecule has 40 heavy (non-hydrogen) atoms. The molecule has 5 heterocycles. The zero-order valence-corrected chi connectivity index (χ0v) is 27.8. The summed E-state index contributed by atoms with van der Waals surface area (Å²) in [6, 6.07) is 0. The van der Waals surface area contributed by atoms with Crippen molar-refractivity contribution < 1.29 is 45.9 Å². The third-order valence-electron chi connectivity index (χ3n) is 8.62. The van der Waals surface area contributed by atoms with Crippen LogP contribution in [0.15, 0.2) is 0 Å². The Balaban J connectivity index is 1.31. The van der Waals surface area contributed by atoms with Gasteiger partial charge in [0.05, 0.1) is 0 Å². The number of hydrogen-bond donors (Lipinski definition) is 0. The Hall–Kier alpha value is 0.460. The molecule has 0 radical (unpaired) electrons. The summed E-state index contributed by atoms with van der Waals surface area (Å²) in [4.78, 5) is 0. The van der Waals surface area contributed by atoms with Crippen molar-refractivity contribution in [1.29, 1.82) is 0 Å². The molecule has 0 N–H and O–H groups in total. The third kappa shape index (κ3) is 6.05. The van der Waals surface area contributed by atoms with Crippen LogP contribution in [0.2, 0.25) is 0 Å². The van der Waals surface area contributed by atoms with Gasteiger partial charge >= 0.3 is 241 Å². The van der Waals surface area contributed by atoms with Crippen LogP contribution in [0, 0.1) is 0 Å². The summed E-state index contributed by atoms with van der Waals surface area (Å²) < 4.78 is 65.0. The molecular formula is C28H54O10P2. The SMILES string of the molecule is CC1(C)CC2CC(C)(C)OP23(CCOCCOCCOP24(OCCOCCO3)OC(C)(C)CC2CC(C)(C)O4)O1. The van der Waals surface area contributed by atoms with Gasteiger partial charge in [0.2, 0.25) is 0 Å². The molecule has 0 aromatic heterocycles. The van der Waals surface area contributed by atoms with Crippen molar-refractivity contribution in [2.75, 3.05) is 65.6 Å². The van der Waals surface area contributed by atoms with Crippen molar-refractivity contribution in [3.8, 4) is 0 Å². The van der Waals surface area contributed by atoms with Gasteiger partial charge in [-0.05, 0) is 0 Å². The van der Waals surface area contributed by atoms with Gasteiger partial charge in [0.15, 0.2) is 0 Å². The Morgan fingerprint density at radius 2 is 0.800 bits per heavy atom. The summed E-state index contributed by atoms with van der Waals surface area (Å²) in [5.74, 6) is 0. The molecule has 5 saturated heterocycles. The standard InChI is InChI=1S/C28H54O10P2/c1-25(2)19-23-20-26(3,4)36-39(23,35-25)18-17-31-10-9-29-12-15-33-40(34-16-13-30-11-14-32-39)24(21-27(5,6)37-40)22-28(7,8)38-40/h23-24H,9-22H2,1-8H3. The van der Waals surface area contributed by atoms with Crippen LogP contribution in [0.25, 0.3) is 0 Å². The molecule has 5 aliphatic heterocycles. The van der Waals surface area contributed by atoms with Crippen LogP contribution in [0.1, 0.15) is 81.1 Å². The number of ether oxygens (including phenoxy) is 3. The van der Waals surface area contributed by atoms with Crippen LogP contribution in [-0.2, 0) is 45.9 Å². The second kappa shape index (κ2) is 10.5. The van der Waals surface area contributed by atoms with E-state index in [0.717, 1.165) is 25.7 Å². The van der Waals surface area contributed by atoms with Crippen molar-refractivity contribution >= 4 is 14.8 Å². The van der Waals surface area contributed by atoms with Crippen LogP contribution in [0.3, 0.4) is 0 Å². The van der Waals surface area contributed by atoms with Gasteiger partial charge in [-0.3, -0.25) is 0 Å². The second-order valence-electron chi connectivity index (χ2n) is 14.6. The van der Waals surface area contributed by atoms with Gasteiger partial charge in [-0.2, -0.15) is 0 Å². The summed E-state index contributed by atoms with van der Waals surface area (Å²) in [6.45, 7) is 20.4. The Bertz CT molecular complexity index is 826. The van der Waals surface area contributed by atoms with Gasteiger partial charge in [0.25, 0.3) is 0 Å². The van der Waals surface area contributed by atoms with Crippen molar-refractivity contribution in [1.82, 2.24) is 0 Å². The second-order valence-corrected chi connectivity index (χ2v) is 21.9. The molecule has 10 nitrogen and oxygen atoms in total. The number of rotatable bonds is 0. The molecule has 0 aliphatic carbocycles. The fraction of sp³-hybridized carbons (Fsp3) is 1.00. The van der Waals surface area contributed by atoms with Gasteiger partial charge < -0.3 is 0 Å². The zero-order chi connectivity index (χ0) is 29.0. The Kier molecular flexibility index (Phi) is 8.39.